The number of carbonyl (C=O) groups is 1. The SMILES string of the molecule is O=C(O)NCCn1cnc2c(Cl)nc(Cl)nc21. The smallest absolute Gasteiger partial charge is 0.404 e. The lowest BCUT2D eigenvalue weighted by Gasteiger charge is -2.03. The Kier molecular flexibility index (Phi) is 3.30. The topological polar surface area (TPSA) is 92.9 Å². The number of imidazole rings is 1. The van der Waals surface area contributed by atoms with Crippen molar-refractivity contribution in [2.75, 3.05) is 6.54 Å². The van der Waals surface area contributed by atoms with Gasteiger partial charge in [-0.2, -0.15) is 4.98 Å². The summed E-state index contributed by atoms with van der Waals surface area (Å²) in [4.78, 5) is 22.1. The fourth-order valence-corrected chi connectivity index (χ4v) is 1.75. The number of nitrogens with one attached hydrogen (secondary N) is 1. The summed E-state index contributed by atoms with van der Waals surface area (Å²) in [5.74, 6) is 0. The minimum atomic E-state index is -1.08. The largest absolute Gasteiger partial charge is 0.465 e. The van der Waals surface area contributed by atoms with Crippen molar-refractivity contribution in [2.45, 2.75) is 6.54 Å². The zero-order valence-corrected chi connectivity index (χ0v) is 9.90. The van der Waals surface area contributed by atoms with E-state index in [2.05, 4.69) is 20.3 Å². The molecule has 0 bridgehead atoms. The van der Waals surface area contributed by atoms with Gasteiger partial charge in [0.15, 0.2) is 10.8 Å². The van der Waals surface area contributed by atoms with Gasteiger partial charge in [0.2, 0.25) is 5.28 Å². The predicted octanol–water partition coefficient (Wildman–Crippen LogP) is 1.40. The molecule has 0 radical (unpaired) electrons. The summed E-state index contributed by atoms with van der Waals surface area (Å²) in [5, 5.41) is 10.9. The normalized spacial score (nSPS) is 10.7. The van der Waals surface area contributed by atoms with Crippen LogP contribution in [0.1, 0.15) is 0 Å². The van der Waals surface area contributed by atoms with Crippen LogP contribution in [0.25, 0.3) is 11.2 Å². The lowest BCUT2D eigenvalue weighted by Crippen LogP contribution is -2.25. The van der Waals surface area contributed by atoms with Gasteiger partial charge in [-0.05, 0) is 11.6 Å². The Morgan fingerprint density at radius 2 is 2.24 bits per heavy atom. The van der Waals surface area contributed by atoms with Gasteiger partial charge in [-0.1, -0.05) is 11.6 Å². The molecule has 9 heteroatoms. The van der Waals surface area contributed by atoms with Crippen LogP contribution in [0.15, 0.2) is 6.33 Å². The van der Waals surface area contributed by atoms with Gasteiger partial charge < -0.3 is 15.0 Å². The average molecular weight is 276 g/mol. The first kappa shape index (κ1) is 11.9. The Morgan fingerprint density at radius 1 is 1.47 bits per heavy atom. The quantitative estimate of drug-likeness (QED) is 0.653. The molecule has 0 aliphatic heterocycles. The lowest BCUT2D eigenvalue weighted by atomic mass is 10.5. The molecule has 90 valence electrons. The van der Waals surface area contributed by atoms with Crippen LogP contribution in [0.2, 0.25) is 10.4 Å². The molecule has 0 aliphatic rings. The molecule has 2 rings (SSSR count). The van der Waals surface area contributed by atoms with Gasteiger partial charge in [-0.15, -0.1) is 0 Å². The molecule has 0 fully saturated rings. The van der Waals surface area contributed by atoms with Gasteiger partial charge in [-0.25, -0.2) is 14.8 Å². The Hall–Kier alpha value is -1.60. The van der Waals surface area contributed by atoms with Crippen LogP contribution in [0.4, 0.5) is 4.79 Å². The molecule has 7 nitrogen and oxygen atoms in total. The van der Waals surface area contributed by atoms with E-state index in [-0.39, 0.29) is 17.0 Å². The third-order valence-electron chi connectivity index (χ3n) is 2.02. The molecule has 0 saturated heterocycles. The van der Waals surface area contributed by atoms with Crippen LogP contribution < -0.4 is 5.32 Å². The van der Waals surface area contributed by atoms with Crippen LogP contribution in [0.5, 0.6) is 0 Å². The Bertz CT molecular complexity index is 570. The van der Waals surface area contributed by atoms with Gasteiger partial charge in [0, 0.05) is 13.1 Å². The molecule has 1 amide bonds. The van der Waals surface area contributed by atoms with Gasteiger partial charge in [-0.3, -0.25) is 0 Å². The molecule has 0 aliphatic carbocycles. The highest BCUT2D eigenvalue weighted by Crippen LogP contribution is 2.20. The maximum atomic E-state index is 10.3. The standard InChI is InChI=1S/C8H7Cl2N5O2/c9-5-4-6(14-7(10)13-5)15(3-12-4)2-1-11-8(16)17/h3,11H,1-2H2,(H,16,17). The Balaban J connectivity index is 2.26. The van der Waals surface area contributed by atoms with Gasteiger partial charge in [0.05, 0.1) is 6.33 Å². The van der Waals surface area contributed by atoms with E-state index in [1.54, 1.807) is 4.57 Å². The maximum absolute atomic E-state index is 10.3. The van der Waals surface area contributed by atoms with Crippen molar-refractivity contribution < 1.29 is 9.90 Å². The van der Waals surface area contributed by atoms with E-state index < -0.39 is 6.09 Å². The average Bonchev–Trinajstić information content (AvgIpc) is 2.61. The van der Waals surface area contributed by atoms with Crippen molar-refractivity contribution in [3.8, 4) is 0 Å². The first-order chi connectivity index (χ1) is 8.08. The highest BCUT2D eigenvalue weighted by Gasteiger charge is 2.10. The molecule has 2 aromatic rings. The molecule has 2 aromatic heterocycles. The first-order valence-electron chi connectivity index (χ1n) is 4.58. The molecule has 17 heavy (non-hydrogen) atoms. The van der Waals surface area contributed by atoms with E-state index in [4.69, 9.17) is 28.3 Å². The van der Waals surface area contributed by atoms with Crippen LogP contribution in [0.3, 0.4) is 0 Å². The van der Waals surface area contributed by atoms with Crippen molar-refractivity contribution in [1.82, 2.24) is 24.8 Å². The van der Waals surface area contributed by atoms with Crippen LogP contribution >= 0.6 is 23.2 Å². The van der Waals surface area contributed by atoms with Crippen LogP contribution in [0, 0.1) is 0 Å². The van der Waals surface area contributed by atoms with E-state index in [0.29, 0.717) is 17.7 Å². The first-order valence-corrected chi connectivity index (χ1v) is 5.34. The molecule has 0 aromatic carbocycles. The number of aromatic nitrogens is 4. The fourth-order valence-electron chi connectivity index (χ4n) is 1.33. The van der Waals surface area contributed by atoms with Gasteiger partial charge >= 0.3 is 6.09 Å². The summed E-state index contributed by atoms with van der Waals surface area (Å²) in [7, 11) is 0. The minimum Gasteiger partial charge on any atom is -0.465 e. The van der Waals surface area contributed by atoms with Gasteiger partial charge in [0.1, 0.15) is 5.52 Å². The number of hydrogen-bond acceptors (Lipinski definition) is 4. The zero-order chi connectivity index (χ0) is 12.4. The highest BCUT2D eigenvalue weighted by molar-refractivity contribution is 6.35. The second-order valence-corrected chi connectivity index (χ2v) is 3.82. The number of amides is 1. The molecule has 0 saturated carbocycles. The number of nitrogens with zero attached hydrogens (tertiary/aromatic N) is 4. The molecule has 0 atom stereocenters. The number of hydrogen-bond donors (Lipinski definition) is 2. The van der Waals surface area contributed by atoms with Crippen molar-refractivity contribution in [3.05, 3.63) is 16.8 Å². The highest BCUT2D eigenvalue weighted by atomic mass is 35.5. The zero-order valence-electron chi connectivity index (χ0n) is 8.39. The summed E-state index contributed by atoms with van der Waals surface area (Å²) in [5.41, 5.74) is 0.911. The van der Waals surface area contributed by atoms with Crippen LogP contribution in [-0.4, -0.2) is 37.3 Å². The number of halogens is 2. The molecule has 2 N–H and O–H groups in total. The minimum absolute atomic E-state index is 0.0236. The molecule has 0 spiro atoms. The summed E-state index contributed by atoms with van der Waals surface area (Å²) < 4.78 is 1.64. The van der Waals surface area contributed by atoms with Crippen molar-refractivity contribution in [3.63, 3.8) is 0 Å². The summed E-state index contributed by atoms with van der Waals surface area (Å²) in [6.07, 6.45) is 0.422. The van der Waals surface area contributed by atoms with E-state index in [1.165, 1.54) is 6.33 Å². The summed E-state index contributed by atoms with van der Waals surface area (Å²) in [6, 6.07) is 0. The summed E-state index contributed by atoms with van der Waals surface area (Å²) >= 11 is 11.5. The van der Waals surface area contributed by atoms with Gasteiger partial charge in [0.25, 0.3) is 0 Å². The second kappa shape index (κ2) is 4.72. The van der Waals surface area contributed by atoms with Crippen molar-refractivity contribution >= 4 is 40.5 Å². The molecule has 2 heterocycles. The molecular formula is C8H7Cl2N5O2. The van der Waals surface area contributed by atoms with E-state index in [9.17, 15) is 4.79 Å². The third kappa shape index (κ3) is 2.56. The molecular weight excluding hydrogens is 269 g/mol. The number of fused-ring (bicyclic) bond motifs is 1. The van der Waals surface area contributed by atoms with E-state index in [0.717, 1.165) is 0 Å². The second-order valence-electron chi connectivity index (χ2n) is 3.13. The Morgan fingerprint density at radius 3 is 2.94 bits per heavy atom. The lowest BCUT2D eigenvalue weighted by molar-refractivity contribution is 0.194. The predicted molar refractivity (Wildman–Crippen MR) is 61.4 cm³/mol. The van der Waals surface area contributed by atoms with Crippen LogP contribution in [-0.2, 0) is 6.54 Å². The Labute approximate surface area is 105 Å². The van der Waals surface area contributed by atoms with Crippen molar-refractivity contribution in [2.24, 2.45) is 0 Å². The van der Waals surface area contributed by atoms with E-state index in [1.807, 2.05) is 0 Å². The maximum Gasteiger partial charge on any atom is 0.404 e. The number of rotatable bonds is 3. The molecule has 0 unspecified atom stereocenters. The summed E-state index contributed by atoms with van der Waals surface area (Å²) in [6.45, 7) is 0.618. The van der Waals surface area contributed by atoms with E-state index >= 15 is 0 Å². The van der Waals surface area contributed by atoms with Crippen molar-refractivity contribution in [1.29, 1.82) is 0 Å². The third-order valence-corrected chi connectivity index (χ3v) is 2.46. The fraction of sp³-hybridized carbons (Fsp3) is 0.250. The number of carboxylic acid groups (broad SMARTS) is 1. The monoisotopic (exact) mass is 275 g/mol.